The molecule has 0 amide bonds. The summed E-state index contributed by atoms with van der Waals surface area (Å²) in [6.45, 7) is 0. The van der Waals surface area contributed by atoms with Crippen molar-refractivity contribution in [2.45, 2.75) is 0 Å². The minimum Gasteiger partial charge on any atom is -0.345 e. The van der Waals surface area contributed by atoms with Crippen LogP contribution in [0.15, 0.2) is 133 Å². The minimum absolute atomic E-state index is 0.652. The van der Waals surface area contributed by atoms with Gasteiger partial charge in [-0.1, -0.05) is 66.7 Å². The van der Waals surface area contributed by atoms with E-state index in [-0.39, 0.29) is 0 Å². The van der Waals surface area contributed by atoms with E-state index >= 15 is 0 Å². The van der Waals surface area contributed by atoms with Crippen LogP contribution in [0.2, 0.25) is 0 Å². The number of nitriles is 1. The first-order chi connectivity index (χ1) is 17.2. The minimum atomic E-state index is 0.652. The maximum atomic E-state index is 9.25. The fourth-order valence-electron chi connectivity index (χ4n) is 4.24. The molecular formula is C32H25N3. The van der Waals surface area contributed by atoms with E-state index in [2.05, 4.69) is 113 Å². The van der Waals surface area contributed by atoms with Crippen LogP contribution in [-0.4, -0.2) is 7.05 Å². The van der Waals surface area contributed by atoms with Crippen molar-refractivity contribution < 1.29 is 0 Å². The largest absolute Gasteiger partial charge is 0.345 e. The van der Waals surface area contributed by atoms with E-state index < -0.39 is 0 Å². The fraction of sp³-hybridized carbons (Fsp3) is 0.0312. The Balaban J connectivity index is 1.52. The van der Waals surface area contributed by atoms with Gasteiger partial charge in [-0.15, -0.1) is 0 Å². The highest BCUT2D eigenvalue weighted by atomic mass is 15.1. The lowest BCUT2D eigenvalue weighted by Gasteiger charge is -2.27. The Kier molecular flexibility index (Phi) is 6.28. The molecule has 168 valence electrons. The standard InChI is InChI=1S/C32H25N3/c1-34(31-16-8-10-25(22-31)24-33)28-18-20-30(21-19-28)35(29-14-6-3-7-15-29)32-17-9-13-27(23-32)26-11-4-2-5-12-26/h2-23H,1H3. The third-order valence-corrected chi connectivity index (χ3v) is 6.08. The molecule has 0 N–H and O–H groups in total. The van der Waals surface area contributed by atoms with Gasteiger partial charge in [-0.2, -0.15) is 5.26 Å². The van der Waals surface area contributed by atoms with E-state index in [1.165, 1.54) is 11.1 Å². The summed E-state index contributed by atoms with van der Waals surface area (Å²) < 4.78 is 0. The Morgan fingerprint density at radius 1 is 0.486 bits per heavy atom. The monoisotopic (exact) mass is 451 g/mol. The van der Waals surface area contributed by atoms with Crippen molar-refractivity contribution in [1.29, 1.82) is 5.26 Å². The van der Waals surface area contributed by atoms with Gasteiger partial charge in [0.05, 0.1) is 11.6 Å². The van der Waals surface area contributed by atoms with Gasteiger partial charge in [0.15, 0.2) is 0 Å². The lowest BCUT2D eigenvalue weighted by atomic mass is 10.0. The topological polar surface area (TPSA) is 30.3 Å². The molecule has 0 spiro atoms. The molecule has 0 heterocycles. The third kappa shape index (κ3) is 4.78. The van der Waals surface area contributed by atoms with Crippen LogP contribution in [0.5, 0.6) is 0 Å². The summed E-state index contributed by atoms with van der Waals surface area (Å²) >= 11 is 0. The van der Waals surface area contributed by atoms with Gasteiger partial charge in [0.25, 0.3) is 0 Å². The van der Waals surface area contributed by atoms with Crippen LogP contribution >= 0.6 is 0 Å². The molecule has 0 aliphatic rings. The van der Waals surface area contributed by atoms with Gasteiger partial charge in [0.1, 0.15) is 0 Å². The van der Waals surface area contributed by atoms with E-state index in [1.807, 2.05) is 43.4 Å². The molecule has 0 aliphatic heterocycles. The van der Waals surface area contributed by atoms with Crippen LogP contribution < -0.4 is 9.80 Å². The molecule has 3 heteroatoms. The first kappa shape index (κ1) is 22.0. The van der Waals surface area contributed by atoms with Crippen LogP contribution in [-0.2, 0) is 0 Å². The molecule has 0 unspecified atom stereocenters. The summed E-state index contributed by atoms with van der Waals surface area (Å²) in [6.07, 6.45) is 0. The predicted molar refractivity (Wildman–Crippen MR) is 146 cm³/mol. The molecular weight excluding hydrogens is 426 g/mol. The van der Waals surface area contributed by atoms with Gasteiger partial charge in [0.2, 0.25) is 0 Å². The van der Waals surface area contributed by atoms with Gasteiger partial charge in [0, 0.05) is 35.5 Å². The van der Waals surface area contributed by atoms with Crippen molar-refractivity contribution in [3.63, 3.8) is 0 Å². The number of hydrogen-bond donors (Lipinski definition) is 0. The summed E-state index contributed by atoms with van der Waals surface area (Å²) in [5.41, 5.74) is 8.32. The number of anilines is 5. The first-order valence-corrected chi connectivity index (χ1v) is 11.6. The zero-order valence-electron chi connectivity index (χ0n) is 19.5. The highest BCUT2D eigenvalue weighted by Gasteiger charge is 2.14. The Morgan fingerprint density at radius 2 is 1.03 bits per heavy atom. The first-order valence-electron chi connectivity index (χ1n) is 11.6. The van der Waals surface area contributed by atoms with Crippen molar-refractivity contribution in [2.24, 2.45) is 0 Å². The predicted octanol–water partition coefficient (Wildman–Crippen LogP) is 8.46. The molecule has 0 atom stereocenters. The van der Waals surface area contributed by atoms with E-state index in [0.29, 0.717) is 5.56 Å². The van der Waals surface area contributed by atoms with E-state index in [0.717, 1.165) is 28.4 Å². The summed E-state index contributed by atoms with van der Waals surface area (Å²) in [6, 6.07) is 47.9. The SMILES string of the molecule is CN(c1ccc(N(c2ccccc2)c2cccc(-c3ccccc3)c2)cc1)c1cccc(C#N)c1. The van der Waals surface area contributed by atoms with Gasteiger partial charge in [-0.05, 0) is 77.9 Å². The van der Waals surface area contributed by atoms with Crippen LogP contribution in [0.1, 0.15) is 5.56 Å². The zero-order valence-corrected chi connectivity index (χ0v) is 19.5. The van der Waals surface area contributed by atoms with Crippen molar-refractivity contribution >= 4 is 28.4 Å². The van der Waals surface area contributed by atoms with E-state index in [4.69, 9.17) is 0 Å². The van der Waals surface area contributed by atoms with Gasteiger partial charge < -0.3 is 9.80 Å². The second kappa shape index (κ2) is 9.99. The van der Waals surface area contributed by atoms with Crippen molar-refractivity contribution in [3.8, 4) is 17.2 Å². The molecule has 0 saturated carbocycles. The molecule has 3 nitrogen and oxygen atoms in total. The fourth-order valence-corrected chi connectivity index (χ4v) is 4.24. The highest BCUT2D eigenvalue weighted by molar-refractivity contribution is 5.80. The molecule has 0 radical (unpaired) electrons. The molecule has 0 aliphatic carbocycles. The third-order valence-electron chi connectivity index (χ3n) is 6.08. The highest BCUT2D eigenvalue weighted by Crippen LogP contribution is 2.37. The van der Waals surface area contributed by atoms with Gasteiger partial charge in [-0.25, -0.2) is 0 Å². The maximum absolute atomic E-state index is 9.25. The lowest BCUT2D eigenvalue weighted by molar-refractivity contribution is 1.20. The molecule has 0 fully saturated rings. The molecule has 0 bridgehead atoms. The van der Waals surface area contributed by atoms with Crippen LogP contribution in [0.25, 0.3) is 11.1 Å². The number of rotatable bonds is 6. The van der Waals surface area contributed by atoms with E-state index in [1.54, 1.807) is 0 Å². The molecule has 35 heavy (non-hydrogen) atoms. The summed E-state index contributed by atoms with van der Waals surface area (Å²) in [5, 5.41) is 9.25. The second-order valence-electron chi connectivity index (χ2n) is 8.32. The summed E-state index contributed by atoms with van der Waals surface area (Å²) in [5.74, 6) is 0. The van der Waals surface area contributed by atoms with Crippen molar-refractivity contribution in [2.75, 3.05) is 16.8 Å². The number of benzene rings is 5. The number of hydrogen-bond acceptors (Lipinski definition) is 3. The second-order valence-corrected chi connectivity index (χ2v) is 8.32. The van der Waals surface area contributed by atoms with Crippen LogP contribution in [0.3, 0.4) is 0 Å². The Hall–Kier alpha value is -4.81. The molecule has 5 rings (SSSR count). The number of para-hydroxylation sites is 1. The normalized spacial score (nSPS) is 10.4. The molecule has 5 aromatic carbocycles. The average Bonchev–Trinajstić information content (AvgIpc) is 2.94. The maximum Gasteiger partial charge on any atom is 0.0992 e. The summed E-state index contributed by atoms with van der Waals surface area (Å²) in [4.78, 5) is 4.36. The molecule has 5 aromatic rings. The Bertz CT molecular complexity index is 1450. The Labute approximate surface area is 206 Å². The average molecular weight is 452 g/mol. The van der Waals surface area contributed by atoms with Crippen molar-refractivity contribution in [3.05, 3.63) is 139 Å². The lowest BCUT2D eigenvalue weighted by Crippen LogP contribution is -2.12. The quantitative estimate of drug-likeness (QED) is 0.259. The van der Waals surface area contributed by atoms with Crippen LogP contribution in [0.4, 0.5) is 28.4 Å². The van der Waals surface area contributed by atoms with Crippen molar-refractivity contribution in [1.82, 2.24) is 0 Å². The van der Waals surface area contributed by atoms with Crippen LogP contribution in [0, 0.1) is 11.3 Å². The zero-order chi connectivity index (χ0) is 24.0. The molecule has 0 aromatic heterocycles. The number of nitrogens with zero attached hydrogens (tertiary/aromatic N) is 3. The van der Waals surface area contributed by atoms with Gasteiger partial charge in [-0.3, -0.25) is 0 Å². The smallest absolute Gasteiger partial charge is 0.0992 e. The summed E-state index contributed by atoms with van der Waals surface area (Å²) in [7, 11) is 2.02. The molecule has 0 saturated heterocycles. The van der Waals surface area contributed by atoms with E-state index in [9.17, 15) is 5.26 Å². The Morgan fingerprint density at radius 3 is 1.74 bits per heavy atom. The van der Waals surface area contributed by atoms with Gasteiger partial charge >= 0.3 is 0 Å².